The van der Waals surface area contributed by atoms with Crippen molar-refractivity contribution < 1.29 is 29.7 Å². The zero-order valence-corrected chi connectivity index (χ0v) is 9.71. The number of hydrogen-bond acceptors (Lipinski definition) is 5. The van der Waals surface area contributed by atoms with Crippen LogP contribution >= 0.6 is 0 Å². The van der Waals surface area contributed by atoms with Gasteiger partial charge in [-0.25, -0.2) is 0 Å². The number of carbonyl (C=O) groups is 3. The molecule has 1 aromatic rings. The number of amides is 2. The Kier molecular flexibility index (Phi) is 4.69. The Labute approximate surface area is 107 Å². The van der Waals surface area contributed by atoms with Gasteiger partial charge in [0.2, 0.25) is 5.91 Å². The predicted octanol–water partition coefficient (Wildman–Crippen LogP) is -0.972. The van der Waals surface area contributed by atoms with Gasteiger partial charge >= 0.3 is 5.97 Å². The summed E-state index contributed by atoms with van der Waals surface area (Å²) in [6, 6.07) is 3.76. The Bertz CT molecular complexity index is 494. The van der Waals surface area contributed by atoms with Gasteiger partial charge in [-0.1, -0.05) is 6.07 Å². The molecule has 5 N–H and O–H groups in total. The van der Waals surface area contributed by atoms with E-state index < -0.39 is 42.4 Å². The number of carboxylic acids is 1. The zero-order valence-electron chi connectivity index (χ0n) is 9.71. The Morgan fingerprint density at radius 2 is 1.58 bits per heavy atom. The van der Waals surface area contributed by atoms with Gasteiger partial charge in [0.25, 0.3) is 5.91 Å². The summed E-state index contributed by atoms with van der Waals surface area (Å²) in [7, 11) is 0. The summed E-state index contributed by atoms with van der Waals surface area (Å²) in [6.07, 6.45) is 0. The molecule has 1 rings (SSSR count). The van der Waals surface area contributed by atoms with E-state index in [9.17, 15) is 24.6 Å². The van der Waals surface area contributed by atoms with E-state index in [0.29, 0.717) is 0 Å². The van der Waals surface area contributed by atoms with Crippen molar-refractivity contribution >= 4 is 17.8 Å². The summed E-state index contributed by atoms with van der Waals surface area (Å²) in [5.74, 6) is -3.61. The first-order valence-electron chi connectivity index (χ1n) is 5.19. The third-order valence-electron chi connectivity index (χ3n) is 2.09. The number of rotatable bonds is 5. The molecule has 0 unspecified atom stereocenters. The molecule has 0 spiro atoms. The Hall–Kier alpha value is -2.77. The fourth-order valence-electron chi connectivity index (χ4n) is 1.25. The minimum Gasteiger partial charge on any atom is -0.507 e. The third-order valence-corrected chi connectivity index (χ3v) is 2.09. The molecule has 0 bridgehead atoms. The lowest BCUT2D eigenvalue weighted by molar-refractivity contribution is -0.137. The van der Waals surface area contributed by atoms with Crippen molar-refractivity contribution in [3.05, 3.63) is 23.8 Å². The van der Waals surface area contributed by atoms with Crippen molar-refractivity contribution in [3.63, 3.8) is 0 Å². The van der Waals surface area contributed by atoms with Crippen LogP contribution in [0, 0.1) is 0 Å². The van der Waals surface area contributed by atoms with Crippen molar-refractivity contribution in [2.75, 3.05) is 13.1 Å². The standard InChI is InChI=1S/C11H12N2O6/c14-6-2-1-3-7(15)10(6)11(19)13-4-8(16)12-5-9(17)18/h1-3,14-15H,4-5H2,(H,12,16)(H,13,19)(H,17,18). The van der Waals surface area contributed by atoms with Crippen LogP contribution < -0.4 is 10.6 Å². The van der Waals surface area contributed by atoms with Crippen LogP contribution in [0.2, 0.25) is 0 Å². The maximum absolute atomic E-state index is 11.6. The number of hydrogen-bond donors (Lipinski definition) is 5. The highest BCUT2D eigenvalue weighted by molar-refractivity contribution is 6.01. The molecule has 0 atom stereocenters. The number of carboxylic acid groups (broad SMARTS) is 1. The molecule has 8 heteroatoms. The molecule has 0 saturated carbocycles. The molecule has 2 amide bonds. The highest BCUT2D eigenvalue weighted by Crippen LogP contribution is 2.25. The minimum absolute atomic E-state index is 0.353. The lowest BCUT2D eigenvalue weighted by atomic mass is 10.1. The van der Waals surface area contributed by atoms with Crippen LogP contribution in [0.4, 0.5) is 0 Å². The van der Waals surface area contributed by atoms with Crippen molar-refractivity contribution in [2.24, 2.45) is 0 Å². The van der Waals surface area contributed by atoms with Crippen LogP contribution in [0.3, 0.4) is 0 Å². The van der Waals surface area contributed by atoms with Gasteiger partial charge in [-0.15, -0.1) is 0 Å². The van der Waals surface area contributed by atoms with Gasteiger partial charge in [-0.2, -0.15) is 0 Å². The maximum atomic E-state index is 11.6. The van der Waals surface area contributed by atoms with Gasteiger partial charge in [0, 0.05) is 0 Å². The minimum atomic E-state index is -1.21. The number of phenolic OH excluding ortho intramolecular Hbond substituents is 2. The number of phenols is 2. The molecule has 0 radical (unpaired) electrons. The van der Waals surface area contributed by atoms with Gasteiger partial charge in [-0.3, -0.25) is 14.4 Å². The average Bonchev–Trinajstić information content (AvgIpc) is 2.33. The first-order valence-corrected chi connectivity index (χ1v) is 5.19. The summed E-state index contributed by atoms with van der Waals surface area (Å²) in [6.45, 7) is -1.03. The number of nitrogens with one attached hydrogen (secondary N) is 2. The largest absolute Gasteiger partial charge is 0.507 e. The summed E-state index contributed by atoms with van der Waals surface area (Å²) in [4.78, 5) is 32.9. The van der Waals surface area contributed by atoms with Crippen molar-refractivity contribution in [2.45, 2.75) is 0 Å². The quantitative estimate of drug-likeness (QED) is 0.466. The highest BCUT2D eigenvalue weighted by atomic mass is 16.4. The van der Waals surface area contributed by atoms with E-state index in [1.165, 1.54) is 18.2 Å². The molecule has 0 aliphatic rings. The fraction of sp³-hybridized carbons (Fsp3) is 0.182. The smallest absolute Gasteiger partial charge is 0.322 e. The highest BCUT2D eigenvalue weighted by Gasteiger charge is 2.16. The van der Waals surface area contributed by atoms with Crippen LogP contribution in [0.5, 0.6) is 11.5 Å². The van der Waals surface area contributed by atoms with E-state index in [1.54, 1.807) is 0 Å². The monoisotopic (exact) mass is 268 g/mol. The third kappa shape index (κ3) is 4.19. The Balaban J connectivity index is 2.56. The molecular formula is C11H12N2O6. The fourth-order valence-corrected chi connectivity index (χ4v) is 1.25. The number of benzene rings is 1. The second-order valence-corrected chi connectivity index (χ2v) is 3.52. The topological polar surface area (TPSA) is 136 Å². The van der Waals surface area contributed by atoms with Crippen molar-refractivity contribution in [1.29, 1.82) is 0 Å². The summed E-state index contributed by atoms with van der Waals surface area (Å²) in [5, 5.41) is 31.3. The van der Waals surface area contributed by atoms with E-state index in [2.05, 4.69) is 5.32 Å². The van der Waals surface area contributed by atoms with Crippen molar-refractivity contribution in [3.8, 4) is 11.5 Å². The van der Waals surface area contributed by atoms with Gasteiger partial charge in [0.15, 0.2) is 0 Å². The van der Waals surface area contributed by atoms with E-state index in [4.69, 9.17) is 5.11 Å². The van der Waals surface area contributed by atoms with Gasteiger partial charge < -0.3 is 26.0 Å². The van der Waals surface area contributed by atoms with Gasteiger partial charge in [0.05, 0.1) is 6.54 Å². The summed E-state index contributed by atoms with van der Waals surface area (Å²) in [5.41, 5.74) is -0.353. The second-order valence-electron chi connectivity index (χ2n) is 3.52. The van der Waals surface area contributed by atoms with Crippen LogP contribution in [0.1, 0.15) is 10.4 Å². The summed E-state index contributed by atoms with van der Waals surface area (Å²) >= 11 is 0. The molecule has 19 heavy (non-hydrogen) atoms. The van der Waals surface area contributed by atoms with E-state index in [1.807, 2.05) is 5.32 Å². The molecule has 1 aromatic carbocycles. The zero-order chi connectivity index (χ0) is 14.4. The van der Waals surface area contributed by atoms with Crippen LogP contribution in [-0.2, 0) is 9.59 Å². The Morgan fingerprint density at radius 1 is 1.00 bits per heavy atom. The van der Waals surface area contributed by atoms with E-state index in [0.717, 1.165) is 0 Å². The number of aliphatic carboxylic acids is 1. The average molecular weight is 268 g/mol. The second kappa shape index (κ2) is 6.24. The number of aromatic hydroxyl groups is 2. The SMILES string of the molecule is O=C(O)CNC(=O)CNC(=O)c1c(O)cccc1O. The molecule has 0 heterocycles. The van der Waals surface area contributed by atoms with Crippen LogP contribution in [0.15, 0.2) is 18.2 Å². The lowest BCUT2D eigenvalue weighted by Crippen LogP contribution is -2.39. The first-order chi connectivity index (χ1) is 8.91. The first kappa shape index (κ1) is 14.3. The normalized spacial score (nSPS) is 9.68. The van der Waals surface area contributed by atoms with E-state index in [-0.39, 0.29) is 5.56 Å². The lowest BCUT2D eigenvalue weighted by Gasteiger charge is -2.08. The van der Waals surface area contributed by atoms with Crippen LogP contribution in [-0.4, -0.2) is 46.2 Å². The van der Waals surface area contributed by atoms with Gasteiger partial charge in [0.1, 0.15) is 23.6 Å². The van der Waals surface area contributed by atoms with Crippen molar-refractivity contribution in [1.82, 2.24) is 10.6 Å². The molecule has 0 aliphatic heterocycles. The molecule has 0 saturated heterocycles. The van der Waals surface area contributed by atoms with E-state index >= 15 is 0 Å². The number of carbonyl (C=O) groups excluding carboxylic acids is 2. The maximum Gasteiger partial charge on any atom is 0.322 e. The van der Waals surface area contributed by atoms with Gasteiger partial charge in [-0.05, 0) is 12.1 Å². The molecule has 0 fully saturated rings. The van der Waals surface area contributed by atoms with Crippen LogP contribution in [0.25, 0.3) is 0 Å². The molecule has 8 nitrogen and oxygen atoms in total. The molecular weight excluding hydrogens is 256 g/mol. The Morgan fingerprint density at radius 3 is 2.11 bits per heavy atom. The summed E-state index contributed by atoms with van der Waals surface area (Å²) < 4.78 is 0. The molecule has 0 aliphatic carbocycles. The molecule has 0 aromatic heterocycles. The predicted molar refractivity (Wildman–Crippen MR) is 62.8 cm³/mol. The molecule has 102 valence electrons.